The lowest BCUT2D eigenvalue weighted by Gasteiger charge is -2.07. The summed E-state index contributed by atoms with van der Waals surface area (Å²) in [6, 6.07) is 0. The van der Waals surface area contributed by atoms with Crippen molar-refractivity contribution in [3.05, 3.63) is 0 Å². The average molecular weight is 128 g/mol. The van der Waals surface area contributed by atoms with E-state index < -0.39 is 0 Å². The van der Waals surface area contributed by atoms with Crippen LogP contribution in [0.15, 0.2) is 0 Å². The summed E-state index contributed by atoms with van der Waals surface area (Å²) in [5.41, 5.74) is -0.117. The maximum absolute atomic E-state index is 10.3. The van der Waals surface area contributed by atoms with Gasteiger partial charge < -0.3 is 9.90 Å². The van der Waals surface area contributed by atoms with Crippen LogP contribution in [0.5, 0.6) is 0 Å². The zero-order chi connectivity index (χ0) is 6.91. The molecule has 2 heteroatoms. The van der Waals surface area contributed by atoms with Crippen molar-refractivity contribution in [1.82, 2.24) is 0 Å². The van der Waals surface area contributed by atoms with Gasteiger partial charge in [0.2, 0.25) is 0 Å². The molecule has 0 aromatic carbocycles. The number of hydrogen-bond donors (Lipinski definition) is 1. The van der Waals surface area contributed by atoms with Crippen molar-refractivity contribution >= 4 is 6.29 Å². The van der Waals surface area contributed by atoms with Crippen molar-refractivity contribution in [3.8, 4) is 0 Å². The standard InChI is InChI=1S/C7H12O2/c1-6(9)4-7(5-8)2-3-7/h5-6,9H,2-4H2,1H3. The molecule has 0 heterocycles. The molecular formula is C7H12O2. The van der Waals surface area contributed by atoms with Crippen molar-refractivity contribution in [2.45, 2.75) is 32.3 Å². The third-order valence-electron chi connectivity index (χ3n) is 1.84. The summed E-state index contributed by atoms with van der Waals surface area (Å²) < 4.78 is 0. The largest absolute Gasteiger partial charge is 0.393 e. The number of carbonyl (C=O) groups excluding carboxylic acids is 1. The lowest BCUT2D eigenvalue weighted by Crippen LogP contribution is -2.11. The van der Waals surface area contributed by atoms with Gasteiger partial charge in [-0.1, -0.05) is 0 Å². The van der Waals surface area contributed by atoms with Crippen molar-refractivity contribution in [3.63, 3.8) is 0 Å². The number of hydrogen-bond acceptors (Lipinski definition) is 2. The number of aliphatic hydroxyl groups is 1. The first kappa shape index (κ1) is 6.75. The third kappa shape index (κ3) is 1.52. The summed E-state index contributed by atoms with van der Waals surface area (Å²) in [6.07, 6.45) is 3.26. The van der Waals surface area contributed by atoms with Crippen molar-refractivity contribution in [2.75, 3.05) is 0 Å². The van der Waals surface area contributed by atoms with Crippen LogP contribution in [0.1, 0.15) is 26.2 Å². The van der Waals surface area contributed by atoms with Gasteiger partial charge in [0.15, 0.2) is 0 Å². The van der Waals surface area contributed by atoms with Gasteiger partial charge in [-0.25, -0.2) is 0 Å². The fourth-order valence-electron chi connectivity index (χ4n) is 1.12. The average Bonchev–Trinajstić information content (AvgIpc) is 2.48. The van der Waals surface area contributed by atoms with Crippen LogP contribution in [0.2, 0.25) is 0 Å². The van der Waals surface area contributed by atoms with Crippen LogP contribution in [0.25, 0.3) is 0 Å². The van der Waals surface area contributed by atoms with E-state index in [1.807, 2.05) is 0 Å². The highest BCUT2D eigenvalue weighted by atomic mass is 16.3. The van der Waals surface area contributed by atoms with Gasteiger partial charge in [-0.15, -0.1) is 0 Å². The first-order valence-corrected chi connectivity index (χ1v) is 3.33. The second kappa shape index (κ2) is 2.10. The van der Waals surface area contributed by atoms with E-state index in [1.54, 1.807) is 6.92 Å². The normalized spacial score (nSPS) is 25.1. The molecule has 1 rings (SSSR count). The highest BCUT2D eigenvalue weighted by Crippen LogP contribution is 2.47. The first-order chi connectivity index (χ1) is 4.18. The van der Waals surface area contributed by atoms with Crippen molar-refractivity contribution in [1.29, 1.82) is 0 Å². The molecule has 0 bridgehead atoms. The highest BCUT2D eigenvalue weighted by Gasteiger charge is 2.42. The lowest BCUT2D eigenvalue weighted by molar-refractivity contribution is -0.113. The summed E-state index contributed by atoms with van der Waals surface area (Å²) in [5, 5.41) is 8.90. The molecule has 0 amide bonds. The van der Waals surface area contributed by atoms with Gasteiger partial charge in [-0.2, -0.15) is 0 Å². The SMILES string of the molecule is CC(O)CC1(C=O)CC1. The summed E-state index contributed by atoms with van der Waals surface area (Å²) in [5.74, 6) is 0. The number of aldehydes is 1. The lowest BCUT2D eigenvalue weighted by atomic mass is 10.0. The minimum Gasteiger partial charge on any atom is -0.393 e. The van der Waals surface area contributed by atoms with E-state index in [1.165, 1.54) is 0 Å². The van der Waals surface area contributed by atoms with E-state index in [0.717, 1.165) is 19.1 Å². The second-order valence-corrected chi connectivity index (χ2v) is 3.03. The second-order valence-electron chi connectivity index (χ2n) is 3.03. The van der Waals surface area contributed by atoms with Crippen molar-refractivity contribution < 1.29 is 9.90 Å². The van der Waals surface area contributed by atoms with Gasteiger partial charge in [0.05, 0.1) is 6.10 Å². The van der Waals surface area contributed by atoms with E-state index in [4.69, 9.17) is 5.11 Å². The van der Waals surface area contributed by atoms with E-state index in [-0.39, 0.29) is 11.5 Å². The Morgan fingerprint density at radius 1 is 1.78 bits per heavy atom. The van der Waals surface area contributed by atoms with E-state index in [0.29, 0.717) is 6.42 Å². The Balaban J connectivity index is 2.33. The van der Waals surface area contributed by atoms with Gasteiger partial charge in [0.1, 0.15) is 6.29 Å². The maximum atomic E-state index is 10.3. The molecule has 0 spiro atoms. The first-order valence-electron chi connectivity index (χ1n) is 3.33. The molecule has 1 N–H and O–H groups in total. The minimum atomic E-state index is -0.322. The van der Waals surface area contributed by atoms with Crippen molar-refractivity contribution in [2.24, 2.45) is 5.41 Å². The molecule has 0 aromatic rings. The van der Waals surface area contributed by atoms with Crippen LogP contribution in [0.3, 0.4) is 0 Å². The quantitative estimate of drug-likeness (QED) is 0.569. The maximum Gasteiger partial charge on any atom is 0.126 e. The summed E-state index contributed by atoms with van der Waals surface area (Å²) in [6.45, 7) is 1.73. The predicted molar refractivity (Wildman–Crippen MR) is 34.0 cm³/mol. The highest BCUT2D eigenvalue weighted by molar-refractivity contribution is 5.63. The molecule has 1 aliphatic rings. The van der Waals surface area contributed by atoms with Crippen LogP contribution in [0.4, 0.5) is 0 Å². The van der Waals surface area contributed by atoms with Gasteiger partial charge >= 0.3 is 0 Å². The van der Waals surface area contributed by atoms with Gasteiger partial charge in [-0.05, 0) is 26.2 Å². The fraction of sp³-hybridized carbons (Fsp3) is 0.857. The predicted octanol–water partition coefficient (Wildman–Crippen LogP) is 0.736. The topological polar surface area (TPSA) is 37.3 Å². The van der Waals surface area contributed by atoms with Gasteiger partial charge in [0.25, 0.3) is 0 Å². The molecular weight excluding hydrogens is 116 g/mol. The van der Waals surface area contributed by atoms with Crippen LogP contribution in [-0.4, -0.2) is 17.5 Å². The molecule has 1 fully saturated rings. The van der Waals surface area contributed by atoms with Gasteiger partial charge in [0, 0.05) is 5.41 Å². The summed E-state index contributed by atoms with van der Waals surface area (Å²) >= 11 is 0. The Hall–Kier alpha value is -0.370. The zero-order valence-electron chi connectivity index (χ0n) is 5.63. The molecule has 9 heavy (non-hydrogen) atoms. The Labute approximate surface area is 54.9 Å². The number of carbonyl (C=O) groups is 1. The molecule has 0 aliphatic heterocycles. The van der Waals surface area contributed by atoms with E-state index >= 15 is 0 Å². The Kier molecular flexibility index (Phi) is 1.58. The number of aliphatic hydroxyl groups excluding tert-OH is 1. The molecule has 1 saturated carbocycles. The molecule has 52 valence electrons. The molecule has 1 atom stereocenters. The molecule has 1 unspecified atom stereocenters. The molecule has 0 radical (unpaired) electrons. The van der Waals surface area contributed by atoms with E-state index in [9.17, 15) is 4.79 Å². The molecule has 2 nitrogen and oxygen atoms in total. The summed E-state index contributed by atoms with van der Waals surface area (Å²) in [7, 11) is 0. The molecule has 1 aliphatic carbocycles. The summed E-state index contributed by atoms with van der Waals surface area (Å²) in [4.78, 5) is 10.3. The van der Waals surface area contributed by atoms with Crippen LogP contribution in [-0.2, 0) is 4.79 Å². The van der Waals surface area contributed by atoms with Crippen LogP contribution < -0.4 is 0 Å². The molecule has 0 aromatic heterocycles. The minimum absolute atomic E-state index is 0.117. The number of rotatable bonds is 3. The third-order valence-corrected chi connectivity index (χ3v) is 1.84. The zero-order valence-corrected chi connectivity index (χ0v) is 5.63. The Bertz CT molecular complexity index is 114. The Morgan fingerprint density at radius 3 is 2.44 bits per heavy atom. The Morgan fingerprint density at radius 2 is 2.33 bits per heavy atom. The van der Waals surface area contributed by atoms with E-state index in [2.05, 4.69) is 0 Å². The van der Waals surface area contributed by atoms with Crippen LogP contribution in [0, 0.1) is 5.41 Å². The van der Waals surface area contributed by atoms with Crippen LogP contribution >= 0.6 is 0 Å². The fourth-order valence-corrected chi connectivity index (χ4v) is 1.12. The van der Waals surface area contributed by atoms with Gasteiger partial charge in [-0.3, -0.25) is 0 Å². The smallest absolute Gasteiger partial charge is 0.126 e. The molecule has 0 saturated heterocycles. The monoisotopic (exact) mass is 128 g/mol.